The summed E-state index contributed by atoms with van der Waals surface area (Å²) in [6.07, 6.45) is 2.32. The Balaban J connectivity index is 1.51. The third-order valence-electron chi connectivity index (χ3n) is 9.38. The number of hydrogen-bond donors (Lipinski definition) is 0. The zero-order valence-corrected chi connectivity index (χ0v) is 29.2. The number of hydrogen-bond acceptors (Lipinski definition) is 8. The van der Waals surface area contributed by atoms with Crippen LogP contribution in [-0.4, -0.2) is 38.0 Å². The third kappa shape index (κ3) is 6.34. The molecule has 0 saturated carbocycles. The second-order valence-corrected chi connectivity index (χ2v) is 13.3. The van der Waals surface area contributed by atoms with Gasteiger partial charge < -0.3 is 24.0 Å². The number of carbonyl (C=O) groups excluding carboxylic acids is 1. The van der Waals surface area contributed by atoms with E-state index < -0.39 is 5.66 Å². The smallest absolute Gasteiger partial charge is 0.331 e. The summed E-state index contributed by atoms with van der Waals surface area (Å²) in [6.45, 7) is 1.18. The summed E-state index contributed by atoms with van der Waals surface area (Å²) in [7, 11) is 4.80. The van der Waals surface area contributed by atoms with Gasteiger partial charge >= 0.3 is 5.97 Å². The number of methoxy groups -OCH3 is 3. The quantitative estimate of drug-likeness (QED) is 0.108. The van der Waals surface area contributed by atoms with E-state index in [-0.39, 0.29) is 11.9 Å². The summed E-state index contributed by atoms with van der Waals surface area (Å²) in [4.78, 5) is 24.5. The van der Waals surface area contributed by atoms with Crippen LogP contribution < -0.4 is 19.3 Å². The van der Waals surface area contributed by atoms with Gasteiger partial charge in [-0.25, -0.2) is 9.79 Å². The molecule has 0 amide bonds. The molecule has 1 unspecified atom stereocenters. The van der Waals surface area contributed by atoms with Gasteiger partial charge in [-0.2, -0.15) is 0 Å². The zero-order chi connectivity index (χ0) is 34.5. The topological polar surface area (TPSA) is 63.6 Å². The Kier molecular flexibility index (Phi) is 9.63. The first-order valence-corrected chi connectivity index (χ1v) is 17.4. The van der Waals surface area contributed by atoms with Crippen molar-refractivity contribution >= 4 is 39.8 Å². The predicted molar refractivity (Wildman–Crippen MR) is 202 cm³/mol. The molecule has 5 aromatic carbocycles. The van der Waals surface area contributed by atoms with Crippen LogP contribution in [0.1, 0.15) is 16.7 Å². The van der Waals surface area contributed by atoms with Gasteiger partial charge in [0.2, 0.25) is 0 Å². The number of aliphatic imine (C=N–C) groups is 1. The summed E-state index contributed by atoms with van der Waals surface area (Å²) in [5.41, 5.74) is 5.61. The fourth-order valence-electron chi connectivity index (χ4n) is 7.01. The number of rotatable bonds is 10. The van der Waals surface area contributed by atoms with Crippen LogP contribution in [0.3, 0.4) is 0 Å². The molecule has 2 aliphatic heterocycles. The van der Waals surface area contributed by atoms with E-state index in [0.717, 1.165) is 49.6 Å². The SMILES string of the molecule is COC(=O)/C=C1\SC(=Nc2ccccc2)C2(C1Cc1ccccc1)N(Cc1ccc(OC)cc1)c1ccccc1N2Cc1ccc(OC)cc1. The van der Waals surface area contributed by atoms with Crippen molar-refractivity contribution in [2.75, 3.05) is 31.1 Å². The molecule has 0 bridgehead atoms. The molecule has 1 spiro atoms. The molecule has 7 rings (SSSR count). The summed E-state index contributed by atoms with van der Waals surface area (Å²) in [5.74, 6) is 1.01. The average molecular weight is 682 g/mol. The van der Waals surface area contributed by atoms with Gasteiger partial charge in [-0.05, 0) is 71.6 Å². The molecule has 1 atom stereocenters. The standard InChI is InChI=1S/C42H39N3O4S/c1-47-34-22-18-31(19-23-34)28-44-37-16-10-11-17-38(37)45(29-32-20-24-35(48-2)25-21-32)42(44)36(26-30-12-6-4-7-13-30)39(27-40(46)49-3)50-41(42)43-33-14-8-5-9-15-33/h4-25,27,36H,26,28-29H2,1-3H3/b39-27-,43-41?. The van der Waals surface area contributed by atoms with Crippen molar-refractivity contribution < 1.29 is 19.0 Å². The molecule has 2 aliphatic rings. The second kappa shape index (κ2) is 14.6. The van der Waals surface area contributed by atoms with Crippen LogP contribution in [0.15, 0.2) is 149 Å². The number of nitrogens with zero attached hydrogens (tertiary/aromatic N) is 3. The Morgan fingerprint density at radius 1 is 0.680 bits per heavy atom. The largest absolute Gasteiger partial charge is 0.497 e. The minimum atomic E-state index is -0.834. The van der Waals surface area contributed by atoms with E-state index in [9.17, 15) is 4.79 Å². The fraction of sp³-hybridized carbons (Fsp3) is 0.190. The van der Waals surface area contributed by atoms with Crippen LogP contribution in [0.5, 0.6) is 11.5 Å². The summed E-state index contributed by atoms with van der Waals surface area (Å²) < 4.78 is 16.3. The summed E-state index contributed by atoms with van der Waals surface area (Å²) in [5, 5.41) is 0.887. The van der Waals surface area contributed by atoms with E-state index in [4.69, 9.17) is 19.2 Å². The highest BCUT2D eigenvalue weighted by Gasteiger charge is 2.63. The first kappa shape index (κ1) is 33.0. The molecule has 0 aromatic heterocycles. The summed E-state index contributed by atoms with van der Waals surface area (Å²) >= 11 is 1.57. The molecular weight excluding hydrogens is 643 g/mol. The highest BCUT2D eigenvalue weighted by molar-refractivity contribution is 8.18. The molecule has 2 heterocycles. The van der Waals surface area contributed by atoms with Gasteiger partial charge in [0.25, 0.3) is 0 Å². The molecule has 50 heavy (non-hydrogen) atoms. The summed E-state index contributed by atoms with van der Waals surface area (Å²) in [6, 6.07) is 45.6. The molecule has 8 heteroatoms. The van der Waals surface area contributed by atoms with Crippen molar-refractivity contribution in [3.05, 3.63) is 161 Å². The Hall–Kier alpha value is -5.47. The number of anilines is 2. The lowest BCUT2D eigenvalue weighted by Gasteiger charge is -2.47. The van der Waals surface area contributed by atoms with E-state index in [1.54, 1.807) is 32.1 Å². The van der Waals surface area contributed by atoms with Crippen LogP contribution in [0, 0.1) is 5.92 Å². The molecule has 5 aromatic rings. The molecule has 1 saturated heterocycles. The Labute approximate surface area is 297 Å². The normalized spacial score (nSPS) is 17.7. The van der Waals surface area contributed by atoms with Gasteiger partial charge in [-0.15, -0.1) is 0 Å². The average Bonchev–Trinajstić information content (AvgIpc) is 3.60. The van der Waals surface area contributed by atoms with Crippen molar-refractivity contribution in [1.29, 1.82) is 0 Å². The van der Waals surface area contributed by atoms with Crippen molar-refractivity contribution in [2.45, 2.75) is 25.2 Å². The molecule has 252 valence electrons. The maximum absolute atomic E-state index is 13.1. The monoisotopic (exact) mass is 681 g/mol. The van der Waals surface area contributed by atoms with Gasteiger partial charge in [0.05, 0.1) is 38.4 Å². The van der Waals surface area contributed by atoms with Gasteiger partial charge in [0, 0.05) is 30.0 Å². The molecule has 0 aliphatic carbocycles. The van der Waals surface area contributed by atoms with E-state index in [1.807, 2.05) is 60.7 Å². The number of fused-ring (bicyclic) bond motifs is 1. The van der Waals surface area contributed by atoms with Crippen LogP contribution in [0.25, 0.3) is 0 Å². The van der Waals surface area contributed by atoms with Gasteiger partial charge in [-0.3, -0.25) is 0 Å². The van der Waals surface area contributed by atoms with Gasteiger partial charge in [-0.1, -0.05) is 96.7 Å². The maximum atomic E-state index is 13.1. The fourth-order valence-corrected chi connectivity index (χ4v) is 8.44. The lowest BCUT2D eigenvalue weighted by atomic mass is 9.84. The van der Waals surface area contributed by atoms with E-state index in [1.165, 1.54) is 12.7 Å². The van der Waals surface area contributed by atoms with Crippen LogP contribution in [-0.2, 0) is 29.0 Å². The lowest BCUT2D eigenvalue weighted by molar-refractivity contribution is -0.134. The number of carbonyl (C=O) groups is 1. The van der Waals surface area contributed by atoms with Crippen LogP contribution in [0.2, 0.25) is 0 Å². The second-order valence-electron chi connectivity index (χ2n) is 12.3. The number of thioether (sulfide) groups is 1. The molecule has 0 radical (unpaired) electrons. The number of para-hydroxylation sites is 3. The van der Waals surface area contributed by atoms with E-state index in [0.29, 0.717) is 19.5 Å². The zero-order valence-electron chi connectivity index (χ0n) is 28.4. The number of ether oxygens (including phenoxy) is 3. The van der Waals surface area contributed by atoms with Crippen LogP contribution >= 0.6 is 11.8 Å². The van der Waals surface area contributed by atoms with Crippen molar-refractivity contribution in [3.63, 3.8) is 0 Å². The third-order valence-corrected chi connectivity index (χ3v) is 10.6. The molecule has 1 fully saturated rings. The van der Waals surface area contributed by atoms with Crippen molar-refractivity contribution in [2.24, 2.45) is 10.9 Å². The van der Waals surface area contributed by atoms with Gasteiger partial charge in [0.15, 0.2) is 5.66 Å². The highest BCUT2D eigenvalue weighted by atomic mass is 32.2. The minimum Gasteiger partial charge on any atom is -0.497 e. The molecule has 0 N–H and O–H groups in total. The minimum absolute atomic E-state index is 0.208. The number of benzene rings is 5. The highest BCUT2D eigenvalue weighted by Crippen LogP contribution is 2.60. The lowest BCUT2D eigenvalue weighted by Crippen LogP contribution is -2.64. The van der Waals surface area contributed by atoms with E-state index >= 15 is 0 Å². The predicted octanol–water partition coefficient (Wildman–Crippen LogP) is 8.82. The van der Waals surface area contributed by atoms with E-state index in [2.05, 4.69) is 82.6 Å². The van der Waals surface area contributed by atoms with Crippen LogP contribution in [0.4, 0.5) is 17.1 Å². The Morgan fingerprint density at radius 3 is 1.68 bits per heavy atom. The first-order valence-electron chi connectivity index (χ1n) is 16.6. The number of esters is 1. The van der Waals surface area contributed by atoms with Crippen molar-refractivity contribution in [1.82, 2.24) is 0 Å². The Morgan fingerprint density at radius 2 is 1.18 bits per heavy atom. The first-order chi connectivity index (χ1) is 24.5. The molecule has 7 nitrogen and oxygen atoms in total. The van der Waals surface area contributed by atoms with Gasteiger partial charge in [0.1, 0.15) is 16.5 Å². The van der Waals surface area contributed by atoms with Crippen molar-refractivity contribution in [3.8, 4) is 11.5 Å². The molecular formula is C42H39N3O4S. The Bertz CT molecular complexity index is 1920. The maximum Gasteiger partial charge on any atom is 0.331 e.